The van der Waals surface area contributed by atoms with Gasteiger partial charge in [0.2, 0.25) is 0 Å². The summed E-state index contributed by atoms with van der Waals surface area (Å²) < 4.78 is 24.3. The second kappa shape index (κ2) is 7.63. The van der Waals surface area contributed by atoms with Crippen molar-refractivity contribution in [2.24, 2.45) is 7.05 Å². The average Bonchev–Trinajstić information content (AvgIpc) is 3.42. The molecule has 0 aliphatic heterocycles. The highest BCUT2D eigenvalue weighted by Crippen LogP contribution is 2.23. The van der Waals surface area contributed by atoms with Gasteiger partial charge in [-0.2, -0.15) is 10.2 Å². The fourth-order valence-electron chi connectivity index (χ4n) is 3.01. The minimum Gasteiger partial charge on any atom is -0.485 e. The lowest BCUT2D eigenvalue weighted by Gasteiger charge is -2.15. The Morgan fingerprint density at radius 3 is 2.79 bits per heavy atom. The number of aromatic nitrogens is 7. The van der Waals surface area contributed by atoms with Gasteiger partial charge >= 0.3 is 0 Å². The number of aryl methyl sites for hydroxylation is 1. The molecule has 1 aromatic carbocycles. The van der Waals surface area contributed by atoms with Crippen LogP contribution in [-0.4, -0.2) is 34.3 Å². The van der Waals surface area contributed by atoms with E-state index in [4.69, 9.17) is 9.72 Å². The minimum absolute atomic E-state index is 0.0920. The summed E-state index contributed by atoms with van der Waals surface area (Å²) in [4.78, 5) is 4.70. The van der Waals surface area contributed by atoms with Crippen molar-refractivity contribution in [3.8, 4) is 11.4 Å². The normalized spacial score (nSPS) is 12.2. The molecule has 3 aromatic heterocycles. The zero-order valence-corrected chi connectivity index (χ0v) is 15.6. The third-order valence-corrected chi connectivity index (χ3v) is 4.30. The molecule has 0 saturated carbocycles. The molecule has 0 bridgehead atoms. The zero-order valence-electron chi connectivity index (χ0n) is 15.6. The average molecular weight is 381 g/mol. The molecule has 4 aromatic rings. The number of benzene rings is 1. The summed E-state index contributed by atoms with van der Waals surface area (Å²) in [5.41, 5.74) is 0.799. The summed E-state index contributed by atoms with van der Waals surface area (Å²) in [6, 6.07) is 7.78. The summed E-state index contributed by atoms with van der Waals surface area (Å²) in [5, 5.41) is 13.2. The Hall–Kier alpha value is -3.49. The van der Waals surface area contributed by atoms with Gasteiger partial charge in [-0.1, -0.05) is 13.0 Å². The van der Waals surface area contributed by atoms with Crippen molar-refractivity contribution in [2.45, 2.75) is 26.0 Å². The quantitative estimate of drug-likeness (QED) is 0.492. The molecule has 144 valence electrons. The van der Waals surface area contributed by atoms with Crippen molar-refractivity contribution < 1.29 is 9.13 Å². The van der Waals surface area contributed by atoms with Gasteiger partial charge in [-0.15, -0.1) is 5.10 Å². The summed E-state index contributed by atoms with van der Waals surface area (Å²) in [7, 11) is 1.85. The van der Waals surface area contributed by atoms with Crippen LogP contribution in [0.2, 0.25) is 0 Å². The fourth-order valence-corrected chi connectivity index (χ4v) is 3.01. The first-order chi connectivity index (χ1) is 13.6. The Balaban J connectivity index is 1.67. The van der Waals surface area contributed by atoms with Crippen molar-refractivity contribution in [2.75, 3.05) is 0 Å². The standard InChI is InChI=1S/C19H20FN7O/c1-3-17(26-9-5-8-21-26)19-23-18(13-28-16-7-4-6-14(20)10-16)24-27(19)15-11-22-25(2)12-15/h4-12,17H,3,13H2,1-2H3. The molecule has 0 amide bonds. The molecule has 0 fully saturated rings. The Morgan fingerprint density at radius 1 is 1.21 bits per heavy atom. The van der Waals surface area contributed by atoms with Crippen LogP contribution in [0, 0.1) is 5.82 Å². The monoisotopic (exact) mass is 381 g/mol. The van der Waals surface area contributed by atoms with E-state index in [2.05, 4.69) is 22.2 Å². The van der Waals surface area contributed by atoms with Gasteiger partial charge in [-0.25, -0.2) is 14.1 Å². The fraction of sp³-hybridized carbons (Fsp3) is 0.263. The number of rotatable bonds is 7. The van der Waals surface area contributed by atoms with Crippen LogP contribution in [-0.2, 0) is 13.7 Å². The van der Waals surface area contributed by atoms with Gasteiger partial charge in [0.15, 0.2) is 11.6 Å². The SMILES string of the molecule is CCC(c1nc(COc2cccc(F)c2)nn1-c1cnn(C)c1)n1cccn1. The molecule has 0 N–H and O–H groups in total. The van der Waals surface area contributed by atoms with E-state index in [0.29, 0.717) is 11.6 Å². The molecule has 8 nitrogen and oxygen atoms in total. The Labute approximate surface area is 161 Å². The highest BCUT2D eigenvalue weighted by molar-refractivity contribution is 5.27. The van der Waals surface area contributed by atoms with Crippen LogP contribution in [0.15, 0.2) is 55.1 Å². The predicted molar refractivity (Wildman–Crippen MR) is 99.5 cm³/mol. The second-order valence-corrected chi connectivity index (χ2v) is 6.33. The molecular formula is C19H20FN7O. The van der Waals surface area contributed by atoms with E-state index in [1.165, 1.54) is 12.1 Å². The summed E-state index contributed by atoms with van der Waals surface area (Å²) >= 11 is 0. The number of ether oxygens (including phenoxy) is 1. The third-order valence-electron chi connectivity index (χ3n) is 4.30. The highest BCUT2D eigenvalue weighted by Gasteiger charge is 2.22. The van der Waals surface area contributed by atoms with E-state index >= 15 is 0 Å². The first kappa shape index (κ1) is 17.9. The van der Waals surface area contributed by atoms with Crippen molar-refractivity contribution in [3.05, 3.63) is 72.6 Å². The number of hydrogen-bond donors (Lipinski definition) is 0. The summed E-state index contributed by atoms with van der Waals surface area (Å²) in [5.74, 6) is 1.31. The molecule has 1 atom stereocenters. The molecule has 9 heteroatoms. The minimum atomic E-state index is -0.350. The lowest BCUT2D eigenvalue weighted by molar-refractivity contribution is 0.294. The first-order valence-electron chi connectivity index (χ1n) is 8.96. The van der Waals surface area contributed by atoms with Crippen LogP contribution in [0.5, 0.6) is 5.75 Å². The Kier molecular flexibility index (Phi) is 4.88. The van der Waals surface area contributed by atoms with E-state index in [1.54, 1.807) is 33.9 Å². The van der Waals surface area contributed by atoms with Gasteiger partial charge in [0.1, 0.15) is 29.9 Å². The molecule has 0 spiro atoms. The van der Waals surface area contributed by atoms with Crippen molar-refractivity contribution in [3.63, 3.8) is 0 Å². The first-order valence-corrected chi connectivity index (χ1v) is 8.96. The summed E-state index contributed by atoms with van der Waals surface area (Å²) in [6.45, 7) is 2.19. The van der Waals surface area contributed by atoms with Crippen LogP contribution in [0.3, 0.4) is 0 Å². The van der Waals surface area contributed by atoms with Crippen LogP contribution in [0.1, 0.15) is 31.0 Å². The van der Waals surface area contributed by atoms with Gasteiger partial charge in [-0.3, -0.25) is 9.36 Å². The molecule has 0 radical (unpaired) electrons. The summed E-state index contributed by atoms with van der Waals surface area (Å²) in [6.07, 6.45) is 8.02. The van der Waals surface area contributed by atoms with Crippen LogP contribution in [0.4, 0.5) is 4.39 Å². The topological polar surface area (TPSA) is 75.6 Å². The second-order valence-electron chi connectivity index (χ2n) is 6.33. The smallest absolute Gasteiger partial charge is 0.188 e. The number of hydrogen-bond acceptors (Lipinski definition) is 5. The molecule has 1 unspecified atom stereocenters. The third kappa shape index (κ3) is 3.64. The Bertz CT molecular complexity index is 1050. The van der Waals surface area contributed by atoms with E-state index in [9.17, 15) is 4.39 Å². The van der Waals surface area contributed by atoms with Gasteiger partial charge in [0.25, 0.3) is 0 Å². The molecule has 28 heavy (non-hydrogen) atoms. The zero-order chi connectivity index (χ0) is 19.5. The molecule has 3 heterocycles. The van der Waals surface area contributed by atoms with Crippen molar-refractivity contribution >= 4 is 0 Å². The van der Waals surface area contributed by atoms with Crippen LogP contribution >= 0.6 is 0 Å². The van der Waals surface area contributed by atoms with Gasteiger partial charge in [0, 0.05) is 25.5 Å². The molecular weight excluding hydrogens is 361 g/mol. The van der Waals surface area contributed by atoms with Gasteiger partial charge in [0.05, 0.1) is 12.4 Å². The Morgan fingerprint density at radius 2 is 2.11 bits per heavy atom. The maximum absolute atomic E-state index is 13.4. The predicted octanol–water partition coefficient (Wildman–Crippen LogP) is 2.91. The van der Waals surface area contributed by atoms with E-state index in [1.807, 2.05) is 30.2 Å². The lowest BCUT2D eigenvalue weighted by Crippen LogP contribution is -2.16. The molecule has 0 aliphatic carbocycles. The van der Waals surface area contributed by atoms with Crippen LogP contribution in [0.25, 0.3) is 5.69 Å². The number of halogens is 1. The maximum Gasteiger partial charge on any atom is 0.188 e. The van der Waals surface area contributed by atoms with Gasteiger partial charge < -0.3 is 4.74 Å². The van der Waals surface area contributed by atoms with E-state index in [0.717, 1.165) is 17.9 Å². The van der Waals surface area contributed by atoms with Gasteiger partial charge in [-0.05, 0) is 24.6 Å². The molecule has 0 saturated heterocycles. The molecule has 0 aliphatic rings. The lowest BCUT2D eigenvalue weighted by atomic mass is 10.2. The van der Waals surface area contributed by atoms with E-state index < -0.39 is 0 Å². The molecule has 4 rings (SSSR count). The largest absolute Gasteiger partial charge is 0.485 e. The maximum atomic E-state index is 13.4. The van der Waals surface area contributed by atoms with Crippen molar-refractivity contribution in [1.82, 2.24) is 34.3 Å². The van der Waals surface area contributed by atoms with Crippen LogP contribution < -0.4 is 4.74 Å². The highest BCUT2D eigenvalue weighted by atomic mass is 19.1. The van der Waals surface area contributed by atoms with Crippen molar-refractivity contribution in [1.29, 1.82) is 0 Å². The number of nitrogens with zero attached hydrogens (tertiary/aromatic N) is 7. The van der Waals surface area contributed by atoms with E-state index in [-0.39, 0.29) is 18.5 Å².